The van der Waals surface area contributed by atoms with Gasteiger partial charge in [-0.2, -0.15) is 0 Å². The number of rotatable bonds is 2. The highest BCUT2D eigenvalue weighted by Gasteiger charge is 2.08. The van der Waals surface area contributed by atoms with Crippen LogP contribution in [-0.4, -0.2) is 0 Å². The maximum absolute atomic E-state index is 3.55. The molecule has 0 nitrogen and oxygen atoms in total. The van der Waals surface area contributed by atoms with Crippen molar-refractivity contribution in [1.29, 1.82) is 0 Å². The quantitative estimate of drug-likeness (QED) is 0.670. The Morgan fingerprint density at radius 3 is 2.00 bits per heavy atom. The van der Waals surface area contributed by atoms with E-state index in [1.54, 1.807) is 0 Å². The van der Waals surface area contributed by atoms with E-state index in [-0.39, 0.29) is 3.74 Å². The van der Waals surface area contributed by atoms with Crippen LogP contribution in [0, 0.1) is 0 Å². The smallest absolute Gasteiger partial charge is 0.0712 e. The maximum Gasteiger partial charge on any atom is 0.0952 e. The van der Waals surface area contributed by atoms with E-state index in [0.29, 0.717) is 0 Å². The van der Waals surface area contributed by atoms with Gasteiger partial charge in [-0.25, -0.2) is 0 Å². The zero-order valence-corrected chi connectivity index (χ0v) is 11.2. The molecule has 0 spiro atoms. The van der Waals surface area contributed by atoms with Crippen LogP contribution in [0.2, 0.25) is 0 Å². The SMILES string of the molecule is BrC(Br)c1ccccc1-c1ccccc1. The first kappa shape index (κ1) is 10.9. The second-order valence-corrected chi connectivity index (χ2v) is 6.31. The van der Waals surface area contributed by atoms with Crippen LogP contribution in [0.1, 0.15) is 9.30 Å². The Bertz CT molecular complexity index is 435. The lowest BCUT2D eigenvalue weighted by Crippen LogP contribution is -1.86. The number of benzene rings is 2. The molecule has 0 unspecified atom stereocenters. The molecule has 76 valence electrons. The van der Waals surface area contributed by atoms with Crippen molar-refractivity contribution in [3.05, 3.63) is 60.2 Å². The first-order valence-corrected chi connectivity index (χ1v) is 6.54. The fourth-order valence-electron chi connectivity index (χ4n) is 1.57. The summed E-state index contributed by atoms with van der Waals surface area (Å²) in [6.07, 6.45) is 0. The van der Waals surface area contributed by atoms with Gasteiger partial charge in [-0.1, -0.05) is 86.5 Å². The van der Waals surface area contributed by atoms with Gasteiger partial charge in [0.05, 0.1) is 3.74 Å². The molecule has 0 radical (unpaired) electrons. The van der Waals surface area contributed by atoms with E-state index in [9.17, 15) is 0 Å². The summed E-state index contributed by atoms with van der Waals surface area (Å²) < 4.78 is 0.196. The van der Waals surface area contributed by atoms with Crippen molar-refractivity contribution < 1.29 is 0 Å². The molecule has 0 heterocycles. The molecule has 2 aromatic rings. The summed E-state index contributed by atoms with van der Waals surface area (Å²) in [5.74, 6) is 0. The van der Waals surface area contributed by atoms with Crippen LogP contribution >= 0.6 is 31.9 Å². The molecule has 0 aromatic heterocycles. The average Bonchev–Trinajstić information content (AvgIpc) is 2.30. The number of hydrogen-bond acceptors (Lipinski definition) is 0. The maximum atomic E-state index is 3.55. The molecule has 2 aromatic carbocycles. The molecule has 0 saturated carbocycles. The molecule has 0 aliphatic carbocycles. The van der Waals surface area contributed by atoms with Crippen LogP contribution < -0.4 is 0 Å². The molecule has 0 aliphatic heterocycles. The largest absolute Gasteiger partial charge is 0.0952 e. The van der Waals surface area contributed by atoms with Crippen molar-refractivity contribution in [2.75, 3.05) is 0 Å². The Morgan fingerprint density at radius 2 is 1.33 bits per heavy atom. The Hall–Kier alpha value is -0.600. The van der Waals surface area contributed by atoms with Gasteiger partial charge in [-0.05, 0) is 16.7 Å². The summed E-state index contributed by atoms with van der Waals surface area (Å²) in [6, 6.07) is 18.8. The highest BCUT2D eigenvalue weighted by Crippen LogP contribution is 2.36. The molecule has 2 heteroatoms. The molecule has 0 atom stereocenters. The van der Waals surface area contributed by atoms with E-state index in [2.05, 4.69) is 80.4 Å². The molecule has 0 amide bonds. The third kappa shape index (κ3) is 2.50. The molecule has 0 N–H and O–H groups in total. The van der Waals surface area contributed by atoms with E-state index in [1.165, 1.54) is 16.7 Å². The lowest BCUT2D eigenvalue weighted by atomic mass is 10.0. The fraction of sp³-hybridized carbons (Fsp3) is 0.0769. The monoisotopic (exact) mass is 324 g/mol. The lowest BCUT2D eigenvalue weighted by molar-refractivity contribution is 1.42. The average molecular weight is 326 g/mol. The molecule has 0 saturated heterocycles. The third-order valence-corrected chi connectivity index (χ3v) is 3.27. The van der Waals surface area contributed by atoms with Crippen LogP contribution in [0.4, 0.5) is 0 Å². The number of halogens is 2. The molecule has 2 rings (SSSR count). The Labute approximate surface area is 107 Å². The van der Waals surface area contributed by atoms with Crippen molar-refractivity contribution in [3.63, 3.8) is 0 Å². The van der Waals surface area contributed by atoms with Gasteiger partial charge in [-0.15, -0.1) is 0 Å². The zero-order valence-electron chi connectivity index (χ0n) is 8.03. The first-order chi connectivity index (χ1) is 7.29. The predicted octanol–water partition coefficient (Wildman–Crippen LogP) is 5.14. The third-order valence-electron chi connectivity index (χ3n) is 2.28. The molecule has 0 bridgehead atoms. The van der Waals surface area contributed by atoms with Gasteiger partial charge >= 0.3 is 0 Å². The van der Waals surface area contributed by atoms with Gasteiger partial charge in [0.25, 0.3) is 0 Å². The summed E-state index contributed by atoms with van der Waals surface area (Å²) >= 11 is 7.09. The summed E-state index contributed by atoms with van der Waals surface area (Å²) in [5.41, 5.74) is 3.76. The van der Waals surface area contributed by atoms with Crippen molar-refractivity contribution in [3.8, 4) is 11.1 Å². The molecule has 0 fully saturated rings. The van der Waals surface area contributed by atoms with Crippen molar-refractivity contribution >= 4 is 31.9 Å². The highest BCUT2D eigenvalue weighted by molar-refractivity contribution is 9.24. The Kier molecular flexibility index (Phi) is 3.60. The van der Waals surface area contributed by atoms with Crippen molar-refractivity contribution in [2.45, 2.75) is 3.74 Å². The number of hydrogen-bond donors (Lipinski definition) is 0. The van der Waals surface area contributed by atoms with Crippen LogP contribution in [0.15, 0.2) is 54.6 Å². The second kappa shape index (κ2) is 4.95. The Morgan fingerprint density at radius 1 is 0.733 bits per heavy atom. The van der Waals surface area contributed by atoms with Crippen LogP contribution in [0.25, 0.3) is 11.1 Å². The van der Waals surface area contributed by atoms with Gasteiger partial charge in [0.1, 0.15) is 0 Å². The van der Waals surface area contributed by atoms with Gasteiger partial charge in [0.15, 0.2) is 0 Å². The summed E-state index contributed by atoms with van der Waals surface area (Å²) in [6.45, 7) is 0. The fourth-order valence-corrected chi connectivity index (χ4v) is 2.37. The normalized spacial score (nSPS) is 10.6. The van der Waals surface area contributed by atoms with E-state index >= 15 is 0 Å². The first-order valence-electron chi connectivity index (χ1n) is 4.71. The van der Waals surface area contributed by atoms with E-state index in [0.717, 1.165) is 0 Å². The van der Waals surface area contributed by atoms with E-state index in [1.807, 2.05) is 6.07 Å². The lowest BCUT2D eigenvalue weighted by Gasteiger charge is -2.10. The van der Waals surface area contributed by atoms with E-state index < -0.39 is 0 Å². The standard InChI is InChI=1S/C13H10Br2/c14-13(15)12-9-5-4-8-11(12)10-6-2-1-3-7-10/h1-9,13H. The van der Waals surface area contributed by atoms with Crippen LogP contribution in [0.5, 0.6) is 0 Å². The zero-order chi connectivity index (χ0) is 10.7. The minimum absolute atomic E-state index is 0.196. The van der Waals surface area contributed by atoms with E-state index in [4.69, 9.17) is 0 Å². The Balaban J connectivity index is 2.53. The minimum atomic E-state index is 0.196. The molecule has 15 heavy (non-hydrogen) atoms. The predicted molar refractivity (Wildman–Crippen MR) is 72.5 cm³/mol. The molecular weight excluding hydrogens is 316 g/mol. The van der Waals surface area contributed by atoms with Gasteiger partial charge < -0.3 is 0 Å². The number of alkyl halides is 2. The van der Waals surface area contributed by atoms with Gasteiger partial charge in [-0.3, -0.25) is 0 Å². The summed E-state index contributed by atoms with van der Waals surface area (Å²) in [5, 5.41) is 0. The van der Waals surface area contributed by atoms with Crippen LogP contribution in [-0.2, 0) is 0 Å². The van der Waals surface area contributed by atoms with Crippen molar-refractivity contribution in [2.24, 2.45) is 0 Å². The second-order valence-electron chi connectivity index (χ2n) is 3.25. The van der Waals surface area contributed by atoms with Gasteiger partial charge in [0, 0.05) is 0 Å². The molecular formula is C13H10Br2. The summed E-state index contributed by atoms with van der Waals surface area (Å²) in [7, 11) is 0. The van der Waals surface area contributed by atoms with Crippen molar-refractivity contribution in [1.82, 2.24) is 0 Å². The van der Waals surface area contributed by atoms with Crippen LogP contribution in [0.3, 0.4) is 0 Å². The summed E-state index contributed by atoms with van der Waals surface area (Å²) in [4.78, 5) is 0. The minimum Gasteiger partial charge on any atom is -0.0712 e. The molecule has 0 aliphatic rings. The van der Waals surface area contributed by atoms with Gasteiger partial charge in [0.2, 0.25) is 0 Å². The topological polar surface area (TPSA) is 0 Å². The highest BCUT2D eigenvalue weighted by atomic mass is 79.9.